The van der Waals surface area contributed by atoms with Crippen LogP contribution in [-0.4, -0.2) is 66.6 Å². The Hall–Kier alpha value is -1.83. The van der Waals surface area contributed by atoms with E-state index in [1.807, 2.05) is 39.8 Å². The van der Waals surface area contributed by atoms with E-state index in [0.29, 0.717) is 38.8 Å². The van der Waals surface area contributed by atoms with Crippen molar-refractivity contribution in [3.63, 3.8) is 0 Å². The Labute approximate surface area is 205 Å². The third kappa shape index (κ3) is 12.0. The minimum Gasteiger partial charge on any atom is -0.500 e. The molecule has 0 spiro atoms. The Bertz CT molecular complexity index is 659. The molecule has 5 nitrogen and oxygen atoms in total. The molecule has 0 aromatic heterocycles. The van der Waals surface area contributed by atoms with Crippen LogP contribution in [0, 0.1) is 5.92 Å². The summed E-state index contributed by atoms with van der Waals surface area (Å²) < 4.78 is 33.0. The summed E-state index contributed by atoms with van der Waals surface area (Å²) in [5.41, 5.74) is -0.249. The van der Waals surface area contributed by atoms with Crippen LogP contribution in [-0.2, 0) is 9.53 Å². The second-order valence-corrected chi connectivity index (χ2v) is 8.49. The van der Waals surface area contributed by atoms with Crippen LogP contribution < -0.4 is 5.32 Å². The predicted molar refractivity (Wildman–Crippen MR) is 137 cm³/mol. The first-order valence-corrected chi connectivity index (χ1v) is 12.4. The molecule has 0 aromatic rings. The molecule has 1 rings (SSSR count). The maximum Gasteiger partial charge on any atom is 0.266 e. The minimum atomic E-state index is -2.80. The number of likely N-dealkylation sites (N-methyl/N-ethyl adjacent to an activating group) is 1. The van der Waals surface area contributed by atoms with Gasteiger partial charge in [-0.05, 0) is 38.8 Å². The molecule has 196 valence electrons. The number of nitrogens with one attached hydrogen (secondary N) is 1. The normalized spacial score (nSPS) is 19.9. The number of aliphatic hydroxyl groups is 1. The zero-order valence-electron chi connectivity index (χ0n) is 21.7. The van der Waals surface area contributed by atoms with Crippen LogP contribution in [0.4, 0.5) is 8.78 Å². The third-order valence-electron chi connectivity index (χ3n) is 5.90. The van der Waals surface area contributed by atoms with Gasteiger partial charge in [-0.3, -0.25) is 4.90 Å². The summed E-state index contributed by atoms with van der Waals surface area (Å²) in [5, 5.41) is 13.3. The Morgan fingerprint density at radius 1 is 1.38 bits per heavy atom. The standard InChI is InChI=1S/C25H40F2N2O3.C2H6/c1-5-21(23(31)12-8-17-30)10-9-18-32-19-15-28-14-16-29(6-2)24(3)13-7-11-22(20-24)25(4,26)27;1-2/h5,7,9,11,13,17-18,21,23,28,31H,1,6,8,10,12,14-16,19-20H2,2-4H3;1-2H3/b18-9+;. The van der Waals surface area contributed by atoms with E-state index in [1.165, 1.54) is 6.08 Å². The van der Waals surface area contributed by atoms with Crippen molar-refractivity contribution in [2.45, 2.75) is 77.9 Å². The molecule has 34 heavy (non-hydrogen) atoms. The summed E-state index contributed by atoms with van der Waals surface area (Å²) in [4.78, 5) is 12.6. The molecule has 3 atom stereocenters. The number of allylic oxidation sites excluding steroid dienone is 3. The topological polar surface area (TPSA) is 61.8 Å². The molecule has 2 N–H and O–H groups in total. The van der Waals surface area contributed by atoms with Gasteiger partial charge in [0.05, 0.1) is 19.0 Å². The summed E-state index contributed by atoms with van der Waals surface area (Å²) in [6.45, 7) is 16.2. The first-order chi connectivity index (χ1) is 16.2. The zero-order chi connectivity index (χ0) is 26.0. The van der Waals surface area contributed by atoms with Crippen LogP contribution in [0.25, 0.3) is 0 Å². The average Bonchev–Trinajstić information content (AvgIpc) is 2.81. The maximum atomic E-state index is 13.8. The van der Waals surface area contributed by atoms with E-state index in [4.69, 9.17) is 4.74 Å². The first-order valence-electron chi connectivity index (χ1n) is 12.4. The Morgan fingerprint density at radius 3 is 2.68 bits per heavy atom. The van der Waals surface area contributed by atoms with Gasteiger partial charge in [-0.25, -0.2) is 8.78 Å². The number of aldehydes is 1. The lowest BCUT2D eigenvalue weighted by atomic mass is 9.84. The molecule has 0 aliphatic heterocycles. The number of hydrogen-bond donors (Lipinski definition) is 2. The zero-order valence-corrected chi connectivity index (χ0v) is 21.7. The van der Waals surface area contributed by atoms with E-state index in [9.17, 15) is 18.7 Å². The number of carbonyl (C=O) groups is 1. The Balaban J connectivity index is 0.00000529. The van der Waals surface area contributed by atoms with Gasteiger partial charge >= 0.3 is 0 Å². The first kappa shape index (κ1) is 32.2. The number of carbonyl (C=O) groups excluding carboxylic acids is 1. The van der Waals surface area contributed by atoms with Crippen molar-refractivity contribution in [2.24, 2.45) is 5.92 Å². The van der Waals surface area contributed by atoms with Gasteiger partial charge in [-0.2, -0.15) is 0 Å². The molecule has 0 bridgehead atoms. The van der Waals surface area contributed by atoms with E-state index >= 15 is 0 Å². The van der Waals surface area contributed by atoms with Crippen LogP contribution in [0.15, 0.2) is 48.8 Å². The van der Waals surface area contributed by atoms with Crippen molar-refractivity contribution in [2.75, 3.05) is 32.8 Å². The molecular formula is C27H46F2N2O3. The van der Waals surface area contributed by atoms with Crippen LogP contribution >= 0.6 is 0 Å². The second-order valence-electron chi connectivity index (χ2n) is 8.49. The smallest absolute Gasteiger partial charge is 0.266 e. The number of nitrogens with zero attached hydrogens (tertiary/aromatic N) is 1. The van der Waals surface area contributed by atoms with Crippen LogP contribution in [0.2, 0.25) is 0 Å². The molecule has 0 amide bonds. The van der Waals surface area contributed by atoms with Gasteiger partial charge in [0.2, 0.25) is 0 Å². The lowest BCUT2D eigenvalue weighted by Crippen LogP contribution is -2.49. The van der Waals surface area contributed by atoms with Gasteiger partial charge in [0.1, 0.15) is 6.29 Å². The van der Waals surface area contributed by atoms with Crippen molar-refractivity contribution in [3.05, 3.63) is 48.8 Å². The quantitative estimate of drug-likeness (QED) is 0.127. The Morgan fingerprint density at radius 2 is 2.09 bits per heavy atom. The van der Waals surface area contributed by atoms with Crippen molar-refractivity contribution >= 4 is 6.29 Å². The molecule has 1 aliphatic rings. The molecule has 0 saturated heterocycles. The maximum absolute atomic E-state index is 13.8. The number of rotatable bonds is 17. The summed E-state index contributed by atoms with van der Waals surface area (Å²) >= 11 is 0. The van der Waals surface area contributed by atoms with Gasteiger partial charge in [0.15, 0.2) is 0 Å². The fourth-order valence-corrected chi connectivity index (χ4v) is 3.85. The van der Waals surface area contributed by atoms with Crippen LogP contribution in [0.3, 0.4) is 0 Å². The third-order valence-corrected chi connectivity index (χ3v) is 5.90. The Kier molecular flexibility index (Phi) is 16.6. The van der Waals surface area contributed by atoms with Crippen molar-refractivity contribution in [1.29, 1.82) is 0 Å². The number of ether oxygens (including phenoxy) is 1. The highest BCUT2D eigenvalue weighted by molar-refractivity contribution is 5.49. The average molecular weight is 485 g/mol. The van der Waals surface area contributed by atoms with E-state index < -0.39 is 17.6 Å². The number of aliphatic hydroxyl groups excluding tert-OH is 1. The van der Waals surface area contributed by atoms with E-state index in [1.54, 1.807) is 18.4 Å². The molecular weight excluding hydrogens is 438 g/mol. The summed E-state index contributed by atoms with van der Waals surface area (Å²) in [7, 11) is 0. The number of alkyl halides is 2. The summed E-state index contributed by atoms with van der Waals surface area (Å²) in [6.07, 6.45) is 12.4. The van der Waals surface area contributed by atoms with Crippen molar-refractivity contribution < 1.29 is 23.4 Å². The summed E-state index contributed by atoms with van der Waals surface area (Å²) in [5.74, 6) is -2.90. The van der Waals surface area contributed by atoms with Crippen LogP contribution in [0.1, 0.15) is 60.3 Å². The van der Waals surface area contributed by atoms with Gasteiger partial charge in [-0.1, -0.05) is 45.1 Å². The molecule has 3 unspecified atom stereocenters. The lowest BCUT2D eigenvalue weighted by molar-refractivity contribution is -0.108. The predicted octanol–water partition coefficient (Wildman–Crippen LogP) is 5.29. The van der Waals surface area contributed by atoms with Gasteiger partial charge in [-0.15, -0.1) is 6.58 Å². The molecule has 0 aromatic carbocycles. The largest absolute Gasteiger partial charge is 0.500 e. The van der Waals surface area contributed by atoms with Gasteiger partial charge < -0.3 is 20.0 Å². The summed E-state index contributed by atoms with van der Waals surface area (Å²) in [6, 6.07) is 0. The molecule has 0 fully saturated rings. The highest BCUT2D eigenvalue weighted by atomic mass is 19.3. The van der Waals surface area contributed by atoms with Gasteiger partial charge in [0.25, 0.3) is 5.92 Å². The fraction of sp³-hybridized carbons (Fsp3) is 0.667. The van der Waals surface area contributed by atoms with E-state index in [2.05, 4.69) is 16.8 Å². The monoisotopic (exact) mass is 484 g/mol. The SMILES string of the molecule is C=CC(C/C=C/OCCNCCN(CC)C1(C)C=CC=C(C(C)(F)F)C1)C(O)CCC=O.CC. The van der Waals surface area contributed by atoms with Crippen molar-refractivity contribution in [3.8, 4) is 0 Å². The van der Waals surface area contributed by atoms with Gasteiger partial charge in [0, 0.05) is 50.0 Å². The molecule has 0 heterocycles. The molecule has 7 heteroatoms. The van der Waals surface area contributed by atoms with Crippen molar-refractivity contribution in [1.82, 2.24) is 10.2 Å². The minimum absolute atomic E-state index is 0.105. The van der Waals surface area contributed by atoms with Crippen LogP contribution in [0.5, 0.6) is 0 Å². The lowest BCUT2D eigenvalue weighted by Gasteiger charge is -2.41. The number of halogens is 2. The van der Waals surface area contributed by atoms with E-state index in [0.717, 1.165) is 32.8 Å². The number of hydrogen-bond acceptors (Lipinski definition) is 5. The highest BCUT2D eigenvalue weighted by Crippen LogP contribution is 2.36. The van der Waals surface area contributed by atoms with E-state index in [-0.39, 0.29) is 11.5 Å². The second kappa shape index (κ2) is 17.6. The molecule has 0 saturated carbocycles. The molecule has 0 radical (unpaired) electrons. The highest BCUT2D eigenvalue weighted by Gasteiger charge is 2.37. The molecule has 1 aliphatic carbocycles. The fourth-order valence-electron chi connectivity index (χ4n) is 3.85.